The van der Waals surface area contributed by atoms with Crippen molar-refractivity contribution in [1.29, 1.82) is 0 Å². The Kier molecular flexibility index (Phi) is 6.86. The summed E-state index contributed by atoms with van der Waals surface area (Å²) in [5, 5.41) is 5.47. The quantitative estimate of drug-likeness (QED) is 0.724. The van der Waals surface area contributed by atoms with Crippen molar-refractivity contribution in [1.82, 2.24) is 14.5 Å². The van der Waals surface area contributed by atoms with Crippen molar-refractivity contribution in [3.63, 3.8) is 0 Å². The van der Waals surface area contributed by atoms with Crippen molar-refractivity contribution in [2.45, 2.75) is 18.4 Å². The van der Waals surface area contributed by atoms with Crippen LogP contribution in [0.25, 0.3) is 0 Å². The molecular weight excluding hydrogens is 404 g/mol. The number of rotatable bonds is 6. The summed E-state index contributed by atoms with van der Waals surface area (Å²) >= 11 is 0. The molecule has 1 aliphatic heterocycles. The first kappa shape index (κ1) is 21.9. The summed E-state index contributed by atoms with van der Waals surface area (Å²) in [6, 6.07) is 13.1. The van der Waals surface area contributed by atoms with Crippen LogP contribution in [0.2, 0.25) is 0 Å². The van der Waals surface area contributed by atoms with Crippen LogP contribution in [-0.2, 0) is 21.4 Å². The van der Waals surface area contributed by atoms with Gasteiger partial charge in [0.15, 0.2) is 0 Å². The first-order chi connectivity index (χ1) is 14.3. The van der Waals surface area contributed by atoms with Gasteiger partial charge in [-0.2, -0.15) is 4.31 Å². The number of carbonyl (C=O) groups excluding carboxylic acids is 2. The molecule has 0 bridgehead atoms. The van der Waals surface area contributed by atoms with Crippen LogP contribution in [0, 0.1) is 0 Å². The van der Waals surface area contributed by atoms with E-state index in [4.69, 9.17) is 0 Å². The largest absolute Gasteiger partial charge is 0.352 e. The number of nitrogens with one attached hydrogen (secondary N) is 2. The van der Waals surface area contributed by atoms with E-state index in [9.17, 15) is 18.0 Å². The van der Waals surface area contributed by atoms with Crippen molar-refractivity contribution in [3.8, 4) is 0 Å². The van der Waals surface area contributed by atoms with Gasteiger partial charge in [-0.1, -0.05) is 12.1 Å². The van der Waals surface area contributed by atoms with Crippen molar-refractivity contribution in [2.75, 3.05) is 38.5 Å². The van der Waals surface area contributed by atoms with E-state index in [2.05, 4.69) is 15.5 Å². The third kappa shape index (κ3) is 5.44. The number of piperazine rings is 1. The lowest BCUT2D eigenvalue weighted by molar-refractivity contribution is -0.119. The van der Waals surface area contributed by atoms with Crippen LogP contribution < -0.4 is 10.6 Å². The number of likely N-dealkylation sites (N-methyl/N-ethyl adjacent to an activating group) is 1. The average molecular weight is 431 g/mol. The van der Waals surface area contributed by atoms with Gasteiger partial charge in [0, 0.05) is 50.9 Å². The average Bonchev–Trinajstić information content (AvgIpc) is 2.73. The molecule has 1 fully saturated rings. The Bertz CT molecular complexity index is 996. The second-order valence-electron chi connectivity index (χ2n) is 7.29. The zero-order valence-corrected chi connectivity index (χ0v) is 17.9. The standard InChI is InChI=1S/C21H26N4O4S/c1-16(26)22-15-17-3-5-18(6-4-17)21(27)23-19-7-9-20(10-8-19)30(28,29)25-13-11-24(2)12-14-25/h3-10H,11-15H2,1-2H3,(H,22,26)(H,23,27). The molecule has 160 valence electrons. The molecule has 0 unspecified atom stereocenters. The number of sulfonamides is 1. The maximum atomic E-state index is 12.8. The minimum absolute atomic E-state index is 0.116. The predicted molar refractivity (Wildman–Crippen MR) is 115 cm³/mol. The summed E-state index contributed by atoms with van der Waals surface area (Å²) < 4.78 is 27.0. The Morgan fingerprint density at radius 3 is 2.10 bits per heavy atom. The lowest BCUT2D eigenvalue weighted by atomic mass is 10.1. The maximum Gasteiger partial charge on any atom is 0.255 e. The van der Waals surface area contributed by atoms with E-state index in [1.54, 1.807) is 36.4 Å². The summed E-state index contributed by atoms with van der Waals surface area (Å²) in [7, 11) is -1.56. The molecule has 0 atom stereocenters. The fourth-order valence-corrected chi connectivity index (χ4v) is 4.51. The van der Waals surface area contributed by atoms with Gasteiger partial charge in [0.1, 0.15) is 0 Å². The topological polar surface area (TPSA) is 98.8 Å². The molecular formula is C21H26N4O4S. The Labute approximate surface area is 176 Å². The van der Waals surface area contributed by atoms with Gasteiger partial charge in [-0.15, -0.1) is 0 Å². The highest BCUT2D eigenvalue weighted by molar-refractivity contribution is 7.89. The second kappa shape index (κ2) is 9.38. The smallest absolute Gasteiger partial charge is 0.255 e. The van der Waals surface area contributed by atoms with Gasteiger partial charge in [-0.3, -0.25) is 9.59 Å². The Morgan fingerprint density at radius 2 is 1.53 bits per heavy atom. The lowest BCUT2D eigenvalue weighted by Crippen LogP contribution is -2.46. The van der Waals surface area contributed by atoms with E-state index in [0.717, 1.165) is 5.56 Å². The van der Waals surface area contributed by atoms with Crippen molar-refractivity contribution in [2.24, 2.45) is 0 Å². The minimum atomic E-state index is -3.54. The van der Waals surface area contributed by atoms with Crippen LogP contribution >= 0.6 is 0 Å². The van der Waals surface area contributed by atoms with E-state index in [0.29, 0.717) is 44.0 Å². The molecule has 2 aromatic rings. The summed E-state index contributed by atoms with van der Waals surface area (Å²) in [4.78, 5) is 25.7. The molecule has 9 heteroatoms. The number of nitrogens with zero attached hydrogens (tertiary/aromatic N) is 2. The van der Waals surface area contributed by atoms with Crippen LogP contribution in [0.3, 0.4) is 0 Å². The highest BCUT2D eigenvalue weighted by Crippen LogP contribution is 2.20. The van der Waals surface area contributed by atoms with E-state index in [1.807, 2.05) is 7.05 Å². The first-order valence-electron chi connectivity index (χ1n) is 9.69. The van der Waals surface area contributed by atoms with Gasteiger partial charge in [0.05, 0.1) is 4.90 Å². The maximum absolute atomic E-state index is 12.8. The molecule has 0 aromatic heterocycles. The third-order valence-corrected chi connectivity index (χ3v) is 6.88. The Hall–Kier alpha value is -2.75. The summed E-state index contributed by atoms with van der Waals surface area (Å²) in [6.45, 7) is 4.20. The Morgan fingerprint density at radius 1 is 0.933 bits per heavy atom. The Balaban J connectivity index is 1.62. The highest BCUT2D eigenvalue weighted by atomic mass is 32.2. The summed E-state index contributed by atoms with van der Waals surface area (Å²) in [6.07, 6.45) is 0. The zero-order chi connectivity index (χ0) is 21.7. The fourth-order valence-electron chi connectivity index (χ4n) is 3.09. The van der Waals surface area contributed by atoms with Crippen molar-refractivity contribution in [3.05, 3.63) is 59.7 Å². The molecule has 0 radical (unpaired) electrons. The molecule has 2 amide bonds. The molecule has 2 aromatic carbocycles. The molecule has 1 aliphatic rings. The molecule has 0 saturated carbocycles. The van der Waals surface area contributed by atoms with Gasteiger partial charge in [0.25, 0.3) is 5.91 Å². The van der Waals surface area contributed by atoms with Crippen LogP contribution in [0.15, 0.2) is 53.4 Å². The molecule has 3 rings (SSSR count). The molecule has 1 saturated heterocycles. The highest BCUT2D eigenvalue weighted by Gasteiger charge is 2.27. The van der Waals surface area contributed by atoms with E-state index in [1.165, 1.54) is 23.4 Å². The van der Waals surface area contributed by atoms with Crippen molar-refractivity contribution >= 4 is 27.5 Å². The van der Waals surface area contributed by atoms with Gasteiger partial charge in [0.2, 0.25) is 15.9 Å². The molecule has 30 heavy (non-hydrogen) atoms. The number of hydrogen-bond donors (Lipinski definition) is 2. The van der Waals surface area contributed by atoms with Gasteiger partial charge < -0.3 is 15.5 Å². The summed E-state index contributed by atoms with van der Waals surface area (Å²) in [5.41, 5.74) is 1.87. The fraction of sp³-hybridized carbons (Fsp3) is 0.333. The number of benzene rings is 2. The third-order valence-electron chi connectivity index (χ3n) is 4.97. The second-order valence-corrected chi connectivity index (χ2v) is 9.23. The predicted octanol–water partition coefficient (Wildman–Crippen LogP) is 1.51. The normalized spacial score (nSPS) is 15.5. The molecule has 0 aliphatic carbocycles. The minimum Gasteiger partial charge on any atom is -0.352 e. The number of carbonyl (C=O) groups is 2. The van der Waals surface area contributed by atoms with Crippen LogP contribution in [0.1, 0.15) is 22.8 Å². The zero-order valence-electron chi connectivity index (χ0n) is 17.1. The number of hydrogen-bond acceptors (Lipinski definition) is 5. The van der Waals surface area contributed by atoms with Crippen LogP contribution in [0.5, 0.6) is 0 Å². The SMILES string of the molecule is CC(=O)NCc1ccc(C(=O)Nc2ccc(S(=O)(=O)N3CCN(C)CC3)cc2)cc1. The van der Waals surface area contributed by atoms with Crippen molar-refractivity contribution < 1.29 is 18.0 Å². The summed E-state index contributed by atoms with van der Waals surface area (Å²) in [5.74, 6) is -0.411. The van der Waals surface area contributed by atoms with Gasteiger partial charge in [-0.05, 0) is 49.0 Å². The molecule has 0 spiro atoms. The van der Waals surface area contributed by atoms with Gasteiger partial charge in [-0.25, -0.2) is 8.42 Å². The van der Waals surface area contributed by atoms with E-state index in [-0.39, 0.29) is 16.7 Å². The number of amides is 2. The molecule has 8 nitrogen and oxygen atoms in total. The lowest BCUT2D eigenvalue weighted by Gasteiger charge is -2.31. The monoisotopic (exact) mass is 430 g/mol. The molecule has 2 N–H and O–H groups in total. The van der Waals surface area contributed by atoms with E-state index < -0.39 is 10.0 Å². The van der Waals surface area contributed by atoms with E-state index >= 15 is 0 Å². The number of anilines is 1. The first-order valence-corrected chi connectivity index (χ1v) is 11.1. The van der Waals surface area contributed by atoms with Gasteiger partial charge >= 0.3 is 0 Å². The van der Waals surface area contributed by atoms with Crippen LogP contribution in [0.4, 0.5) is 5.69 Å². The van der Waals surface area contributed by atoms with Crippen LogP contribution in [-0.4, -0.2) is 62.7 Å². The molecule has 1 heterocycles.